The normalized spacial score (nSPS) is 10.0. The summed E-state index contributed by atoms with van der Waals surface area (Å²) >= 11 is 5.42. The molecule has 0 aromatic heterocycles. The van der Waals surface area contributed by atoms with Crippen molar-refractivity contribution in [3.8, 4) is 0 Å². The molecule has 0 heterocycles. The van der Waals surface area contributed by atoms with Crippen molar-refractivity contribution in [2.45, 2.75) is 0 Å². The fourth-order valence-electron chi connectivity index (χ4n) is 0.564. The number of benzene rings is 1. The molecule has 53 valence electrons. The van der Waals surface area contributed by atoms with Gasteiger partial charge in [0.1, 0.15) is 0 Å². The molecule has 10 heavy (non-hydrogen) atoms. The zero-order valence-corrected chi connectivity index (χ0v) is 5.75. The first kappa shape index (κ1) is 7.48. The zero-order valence-electron chi connectivity index (χ0n) is 5.00. The van der Waals surface area contributed by atoms with Crippen molar-refractivity contribution in [3.05, 3.63) is 41.3 Å². The molecule has 0 aliphatic carbocycles. The molecular weight excluding hydrogens is 158 g/mol. The minimum absolute atomic E-state index is 0.138. The Morgan fingerprint density at radius 3 is 2.20 bits per heavy atom. The topological polar surface area (TPSA) is 0 Å². The molecule has 0 saturated carbocycles. The summed E-state index contributed by atoms with van der Waals surface area (Å²) in [6.45, 7) is 3.38. The van der Waals surface area contributed by atoms with Crippen LogP contribution in [0.3, 0.4) is 0 Å². The SMILES string of the molecule is [CH2]c1cc(F)c(F)cc1Cl. The van der Waals surface area contributed by atoms with Gasteiger partial charge in [0.2, 0.25) is 0 Å². The Labute approximate surface area is 62.4 Å². The van der Waals surface area contributed by atoms with Crippen LogP contribution in [0, 0.1) is 18.6 Å². The van der Waals surface area contributed by atoms with Crippen LogP contribution in [0.15, 0.2) is 12.1 Å². The quantitative estimate of drug-likeness (QED) is 0.514. The Morgan fingerprint density at radius 1 is 1.20 bits per heavy atom. The maximum absolute atomic E-state index is 12.3. The van der Waals surface area contributed by atoms with Crippen LogP contribution in [0.5, 0.6) is 0 Å². The molecule has 0 aliphatic heterocycles. The summed E-state index contributed by atoms with van der Waals surface area (Å²) < 4.78 is 24.6. The molecule has 3 heteroatoms. The highest BCUT2D eigenvalue weighted by molar-refractivity contribution is 6.31. The van der Waals surface area contributed by atoms with Crippen LogP contribution in [0.25, 0.3) is 0 Å². The average Bonchev–Trinajstić information content (AvgIpc) is 1.84. The fourth-order valence-corrected chi connectivity index (χ4v) is 0.714. The molecule has 0 saturated heterocycles. The molecule has 1 radical (unpaired) electrons. The van der Waals surface area contributed by atoms with E-state index in [1.165, 1.54) is 0 Å². The van der Waals surface area contributed by atoms with E-state index in [4.69, 9.17) is 11.6 Å². The highest BCUT2D eigenvalue weighted by Crippen LogP contribution is 2.18. The van der Waals surface area contributed by atoms with Gasteiger partial charge in [0.25, 0.3) is 0 Å². The molecule has 0 bridgehead atoms. The predicted octanol–water partition coefficient (Wildman–Crippen LogP) is 2.80. The van der Waals surface area contributed by atoms with Crippen LogP contribution in [0.2, 0.25) is 5.02 Å². The standard InChI is InChI=1S/C7H4ClF2/c1-4-2-6(9)7(10)3-5(4)8/h2-3H,1H2. The van der Waals surface area contributed by atoms with Gasteiger partial charge in [-0.1, -0.05) is 11.6 Å². The van der Waals surface area contributed by atoms with Crippen molar-refractivity contribution in [1.29, 1.82) is 0 Å². The maximum Gasteiger partial charge on any atom is 0.160 e. The Hall–Kier alpha value is -0.630. The van der Waals surface area contributed by atoms with Crippen molar-refractivity contribution in [2.24, 2.45) is 0 Å². The lowest BCUT2D eigenvalue weighted by molar-refractivity contribution is 0.508. The molecular formula is C7H4ClF2. The first-order chi connectivity index (χ1) is 4.61. The van der Waals surface area contributed by atoms with Crippen molar-refractivity contribution in [2.75, 3.05) is 0 Å². The molecule has 0 aliphatic rings. The average molecular weight is 162 g/mol. The van der Waals surface area contributed by atoms with E-state index >= 15 is 0 Å². The number of halogens is 3. The molecule has 1 aromatic rings. The summed E-state index contributed by atoms with van der Waals surface area (Å²) in [5.74, 6) is -1.87. The van der Waals surface area contributed by atoms with Crippen molar-refractivity contribution in [1.82, 2.24) is 0 Å². The lowest BCUT2D eigenvalue weighted by Gasteiger charge is -1.96. The van der Waals surface area contributed by atoms with Gasteiger partial charge in [0, 0.05) is 5.02 Å². The van der Waals surface area contributed by atoms with Gasteiger partial charge in [0.05, 0.1) is 0 Å². The van der Waals surface area contributed by atoms with Crippen molar-refractivity contribution in [3.63, 3.8) is 0 Å². The van der Waals surface area contributed by atoms with Crippen LogP contribution in [-0.4, -0.2) is 0 Å². The van der Waals surface area contributed by atoms with Gasteiger partial charge in [-0.05, 0) is 24.6 Å². The van der Waals surface area contributed by atoms with Crippen LogP contribution in [0.4, 0.5) is 8.78 Å². The summed E-state index contributed by atoms with van der Waals surface area (Å²) in [5, 5.41) is 0.138. The summed E-state index contributed by atoms with van der Waals surface area (Å²) in [6, 6.07) is 1.86. The molecule has 0 atom stereocenters. The molecule has 0 amide bonds. The number of hydrogen-bond donors (Lipinski definition) is 0. The highest BCUT2D eigenvalue weighted by atomic mass is 35.5. The summed E-state index contributed by atoms with van der Waals surface area (Å²) in [7, 11) is 0. The van der Waals surface area contributed by atoms with Gasteiger partial charge in [-0.25, -0.2) is 8.78 Å². The maximum atomic E-state index is 12.3. The molecule has 0 unspecified atom stereocenters. The van der Waals surface area contributed by atoms with E-state index < -0.39 is 11.6 Å². The molecule has 1 rings (SSSR count). The van der Waals surface area contributed by atoms with Gasteiger partial charge in [-0.2, -0.15) is 0 Å². The zero-order chi connectivity index (χ0) is 7.72. The second-order valence-corrected chi connectivity index (χ2v) is 2.26. The third-order valence-electron chi connectivity index (χ3n) is 1.09. The summed E-state index contributed by atoms with van der Waals surface area (Å²) in [4.78, 5) is 0. The third-order valence-corrected chi connectivity index (χ3v) is 1.44. The second kappa shape index (κ2) is 2.54. The van der Waals surface area contributed by atoms with E-state index in [9.17, 15) is 8.78 Å². The van der Waals surface area contributed by atoms with Gasteiger partial charge in [0.15, 0.2) is 11.6 Å². The first-order valence-electron chi connectivity index (χ1n) is 2.58. The molecule has 0 N–H and O–H groups in total. The Bertz CT molecular complexity index is 208. The molecule has 0 nitrogen and oxygen atoms in total. The second-order valence-electron chi connectivity index (χ2n) is 1.86. The van der Waals surface area contributed by atoms with Crippen molar-refractivity contribution >= 4 is 11.6 Å². The van der Waals surface area contributed by atoms with E-state index in [1.54, 1.807) is 0 Å². The minimum Gasteiger partial charge on any atom is -0.204 e. The first-order valence-corrected chi connectivity index (χ1v) is 2.95. The Kier molecular flexibility index (Phi) is 1.90. The van der Waals surface area contributed by atoms with Gasteiger partial charge >= 0.3 is 0 Å². The smallest absolute Gasteiger partial charge is 0.160 e. The van der Waals surface area contributed by atoms with Crippen LogP contribution >= 0.6 is 11.6 Å². The molecule has 0 spiro atoms. The lowest BCUT2D eigenvalue weighted by Crippen LogP contribution is -1.85. The minimum atomic E-state index is -0.947. The summed E-state index contributed by atoms with van der Waals surface area (Å²) in [5.41, 5.74) is 0.292. The van der Waals surface area contributed by atoms with E-state index in [0.717, 1.165) is 12.1 Å². The highest BCUT2D eigenvalue weighted by Gasteiger charge is 2.03. The summed E-state index contributed by atoms with van der Waals surface area (Å²) in [6.07, 6.45) is 0. The van der Waals surface area contributed by atoms with Gasteiger partial charge in [-0.15, -0.1) is 0 Å². The van der Waals surface area contributed by atoms with Crippen LogP contribution < -0.4 is 0 Å². The largest absolute Gasteiger partial charge is 0.204 e. The number of rotatable bonds is 0. The van der Waals surface area contributed by atoms with E-state index in [2.05, 4.69) is 6.92 Å². The Morgan fingerprint density at radius 2 is 1.70 bits per heavy atom. The van der Waals surface area contributed by atoms with Crippen LogP contribution in [-0.2, 0) is 0 Å². The van der Waals surface area contributed by atoms with Crippen molar-refractivity contribution < 1.29 is 8.78 Å². The lowest BCUT2D eigenvalue weighted by atomic mass is 10.2. The fraction of sp³-hybridized carbons (Fsp3) is 0. The molecule has 0 fully saturated rings. The monoisotopic (exact) mass is 161 g/mol. The molecule has 1 aromatic carbocycles. The third kappa shape index (κ3) is 1.27. The van der Waals surface area contributed by atoms with E-state index in [1.807, 2.05) is 0 Å². The Balaban J connectivity index is 3.28. The van der Waals surface area contributed by atoms with Crippen LogP contribution in [0.1, 0.15) is 5.56 Å². The van der Waals surface area contributed by atoms with E-state index in [-0.39, 0.29) is 5.02 Å². The van der Waals surface area contributed by atoms with Gasteiger partial charge in [-0.3, -0.25) is 0 Å². The predicted molar refractivity (Wildman–Crippen MR) is 35.8 cm³/mol. The van der Waals surface area contributed by atoms with Gasteiger partial charge < -0.3 is 0 Å². The number of hydrogen-bond acceptors (Lipinski definition) is 0. The van der Waals surface area contributed by atoms with E-state index in [0.29, 0.717) is 5.56 Å².